The van der Waals surface area contributed by atoms with Crippen LogP contribution < -0.4 is 5.32 Å². The zero-order chi connectivity index (χ0) is 10.6. The molecular weight excluding hydrogens is 178 g/mol. The molecular formula is C11H17NO2. The number of hydrogen-bond donors (Lipinski definition) is 1. The lowest BCUT2D eigenvalue weighted by Gasteiger charge is -2.34. The first-order valence-corrected chi connectivity index (χ1v) is 5.22. The zero-order valence-corrected chi connectivity index (χ0v) is 9.02. The van der Waals surface area contributed by atoms with Crippen molar-refractivity contribution >= 4 is 11.7 Å². The fraction of sp³-hybridized carbons (Fsp3) is 0.818. The molecule has 2 rings (SSSR count). The van der Waals surface area contributed by atoms with Crippen LogP contribution in [0.25, 0.3) is 0 Å². The lowest BCUT2D eigenvalue weighted by atomic mass is 9.68. The van der Waals surface area contributed by atoms with Gasteiger partial charge in [0.1, 0.15) is 11.2 Å². The molecule has 0 aromatic carbocycles. The van der Waals surface area contributed by atoms with Crippen LogP contribution in [-0.2, 0) is 9.59 Å². The number of hydrogen-bond acceptors (Lipinski definition) is 2. The van der Waals surface area contributed by atoms with E-state index < -0.39 is 5.41 Å². The van der Waals surface area contributed by atoms with Crippen molar-refractivity contribution in [1.82, 2.24) is 5.32 Å². The second-order valence-electron chi connectivity index (χ2n) is 5.07. The number of Topliss-reactive ketones (excluding diaryl/α,β-unsaturated/α-hetero) is 1. The number of rotatable bonds is 1. The van der Waals surface area contributed by atoms with Gasteiger partial charge in [-0.3, -0.25) is 9.59 Å². The molecule has 1 N–H and O–H groups in total. The van der Waals surface area contributed by atoms with E-state index in [1.807, 2.05) is 0 Å². The summed E-state index contributed by atoms with van der Waals surface area (Å²) >= 11 is 0. The molecule has 3 nitrogen and oxygen atoms in total. The van der Waals surface area contributed by atoms with Crippen LogP contribution >= 0.6 is 0 Å². The summed E-state index contributed by atoms with van der Waals surface area (Å²) in [5.41, 5.74) is -0.864. The van der Waals surface area contributed by atoms with E-state index in [1.54, 1.807) is 7.05 Å². The number of nitrogens with one attached hydrogen (secondary N) is 1. The van der Waals surface area contributed by atoms with Crippen molar-refractivity contribution in [1.29, 1.82) is 0 Å². The Morgan fingerprint density at radius 2 is 2.14 bits per heavy atom. The molecule has 0 saturated heterocycles. The quantitative estimate of drug-likeness (QED) is 0.637. The Morgan fingerprint density at radius 3 is 2.50 bits per heavy atom. The maximum atomic E-state index is 11.9. The maximum Gasteiger partial charge on any atom is 0.234 e. The van der Waals surface area contributed by atoms with Crippen molar-refractivity contribution in [2.24, 2.45) is 16.7 Å². The van der Waals surface area contributed by atoms with Gasteiger partial charge in [-0.15, -0.1) is 0 Å². The number of amides is 1. The zero-order valence-electron chi connectivity index (χ0n) is 9.02. The summed E-state index contributed by atoms with van der Waals surface area (Å²) in [5, 5.41) is 2.65. The van der Waals surface area contributed by atoms with Crippen LogP contribution in [0.3, 0.4) is 0 Å². The highest BCUT2D eigenvalue weighted by Gasteiger charge is 2.67. The number of carbonyl (C=O) groups is 2. The number of ketones is 1. The van der Waals surface area contributed by atoms with E-state index in [2.05, 4.69) is 19.2 Å². The summed E-state index contributed by atoms with van der Waals surface area (Å²) in [6, 6.07) is 0. The molecule has 78 valence electrons. The van der Waals surface area contributed by atoms with E-state index in [1.165, 1.54) is 0 Å². The normalized spacial score (nSPS) is 38.8. The monoisotopic (exact) mass is 195 g/mol. The minimum absolute atomic E-state index is 0.0764. The summed E-state index contributed by atoms with van der Waals surface area (Å²) in [5.74, 6) is 0.484. The third-order valence-corrected chi connectivity index (χ3v) is 4.51. The highest BCUT2D eigenvalue weighted by Crippen LogP contribution is 2.63. The van der Waals surface area contributed by atoms with Crippen molar-refractivity contribution in [3.05, 3.63) is 0 Å². The van der Waals surface area contributed by atoms with Crippen LogP contribution in [0.15, 0.2) is 0 Å². The van der Waals surface area contributed by atoms with Gasteiger partial charge < -0.3 is 5.32 Å². The molecule has 0 aliphatic heterocycles. The summed E-state index contributed by atoms with van der Waals surface area (Å²) in [6.07, 6.45) is 2.36. The smallest absolute Gasteiger partial charge is 0.234 e. The molecule has 2 aliphatic carbocycles. The van der Waals surface area contributed by atoms with Crippen LogP contribution in [0.4, 0.5) is 0 Å². The van der Waals surface area contributed by atoms with Gasteiger partial charge in [0, 0.05) is 13.5 Å². The molecule has 1 amide bonds. The van der Waals surface area contributed by atoms with E-state index in [0.717, 1.165) is 12.8 Å². The van der Waals surface area contributed by atoms with Crippen LogP contribution in [-0.4, -0.2) is 18.7 Å². The van der Waals surface area contributed by atoms with Crippen molar-refractivity contribution in [2.45, 2.75) is 33.1 Å². The fourth-order valence-corrected chi connectivity index (χ4v) is 3.42. The van der Waals surface area contributed by atoms with E-state index in [4.69, 9.17) is 0 Å². The van der Waals surface area contributed by atoms with Gasteiger partial charge in [-0.05, 0) is 24.2 Å². The standard InChI is InChI=1S/C11H17NO2/c1-10(2)7-4-5-11(10,8(13)6-7)9(14)12-3/h7H,4-6H2,1-3H3,(H,12,14)/t7-,11-/m0/s1. The van der Waals surface area contributed by atoms with Gasteiger partial charge in [0.2, 0.25) is 5.91 Å². The summed E-state index contributed by atoms with van der Waals surface area (Å²) in [7, 11) is 1.62. The lowest BCUT2D eigenvalue weighted by Crippen LogP contribution is -2.48. The Morgan fingerprint density at radius 1 is 1.50 bits per heavy atom. The molecule has 14 heavy (non-hydrogen) atoms. The second kappa shape index (κ2) is 2.59. The molecule has 2 atom stereocenters. The summed E-state index contributed by atoms with van der Waals surface area (Å²) < 4.78 is 0. The minimum Gasteiger partial charge on any atom is -0.358 e. The molecule has 0 spiro atoms. The van der Waals surface area contributed by atoms with Crippen molar-refractivity contribution in [2.75, 3.05) is 7.05 Å². The molecule has 0 heterocycles. The van der Waals surface area contributed by atoms with Crippen molar-refractivity contribution in [3.8, 4) is 0 Å². The lowest BCUT2D eigenvalue weighted by molar-refractivity contribution is -0.144. The highest BCUT2D eigenvalue weighted by atomic mass is 16.2. The van der Waals surface area contributed by atoms with E-state index in [-0.39, 0.29) is 17.1 Å². The average molecular weight is 195 g/mol. The van der Waals surface area contributed by atoms with Gasteiger partial charge in [-0.25, -0.2) is 0 Å². The second-order valence-corrected chi connectivity index (χ2v) is 5.07. The SMILES string of the molecule is CNC(=O)[C@]12CC[C@@H](CC1=O)C2(C)C. The highest BCUT2D eigenvalue weighted by molar-refractivity contribution is 6.09. The van der Waals surface area contributed by atoms with Gasteiger partial charge >= 0.3 is 0 Å². The largest absolute Gasteiger partial charge is 0.358 e. The topological polar surface area (TPSA) is 46.2 Å². The molecule has 2 fully saturated rings. The molecule has 3 heteroatoms. The number of fused-ring (bicyclic) bond motifs is 2. The first-order chi connectivity index (χ1) is 6.46. The fourth-order valence-electron chi connectivity index (χ4n) is 3.42. The molecule has 0 aromatic heterocycles. The Hall–Kier alpha value is -0.860. The number of carbonyl (C=O) groups excluding carboxylic acids is 2. The summed E-state index contributed by atoms with van der Waals surface area (Å²) in [4.78, 5) is 23.8. The Bertz CT molecular complexity index is 308. The van der Waals surface area contributed by atoms with Gasteiger partial charge in [0.05, 0.1) is 0 Å². The van der Waals surface area contributed by atoms with Crippen LogP contribution in [0.2, 0.25) is 0 Å². The van der Waals surface area contributed by atoms with Gasteiger partial charge in [-0.1, -0.05) is 13.8 Å². The average Bonchev–Trinajstić information content (AvgIpc) is 2.49. The molecule has 2 bridgehead atoms. The van der Waals surface area contributed by atoms with E-state index in [0.29, 0.717) is 12.3 Å². The Labute approximate surface area is 84.2 Å². The third kappa shape index (κ3) is 0.787. The van der Waals surface area contributed by atoms with Crippen LogP contribution in [0.5, 0.6) is 0 Å². The predicted octanol–water partition coefficient (Wildman–Crippen LogP) is 1.13. The van der Waals surface area contributed by atoms with Gasteiger partial charge in [-0.2, -0.15) is 0 Å². The maximum absolute atomic E-state index is 11.9. The van der Waals surface area contributed by atoms with Gasteiger partial charge in [0.15, 0.2) is 0 Å². The predicted molar refractivity (Wildman–Crippen MR) is 52.6 cm³/mol. The first-order valence-electron chi connectivity index (χ1n) is 5.22. The van der Waals surface area contributed by atoms with Crippen molar-refractivity contribution in [3.63, 3.8) is 0 Å². The molecule has 0 radical (unpaired) electrons. The van der Waals surface area contributed by atoms with E-state index >= 15 is 0 Å². The Balaban J connectivity index is 2.49. The third-order valence-electron chi connectivity index (χ3n) is 4.51. The van der Waals surface area contributed by atoms with E-state index in [9.17, 15) is 9.59 Å². The van der Waals surface area contributed by atoms with Crippen molar-refractivity contribution < 1.29 is 9.59 Å². The van der Waals surface area contributed by atoms with Crippen LogP contribution in [0.1, 0.15) is 33.1 Å². The van der Waals surface area contributed by atoms with Gasteiger partial charge in [0.25, 0.3) is 0 Å². The minimum atomic E-state index is -0.716. The molecule has 0 unspecified atom stereocenters. The molecule has 2 aliphatic rings. The molecule has 0 aromatic rings. The Kier molecular flexibility index (Phi) is 1.79. The van der Waals surface area contributed by atoms with Crippen LogP contribution in [0, 0.1) is 16.7 Å². The summed E-state index contributed by atoms with van der Waals surface area (Å²) in [6.45, 7) is 4.12. The molecule has 2 saturated carbocycles. The first kappa shape index (κ1) is 9.69.